The fraction of sp³-hybridized carbons (Fsp3) is 0.0345. The van der Waals surface area contributed by atoms with Gasteiger partial charge < -0.3 is 21.1 Å². The van der Waals surface area contributed by atoms with Gasteiger partial charge >= 0.3 is 0 Å². The fourth-order valence-electron chi connectivity index (χ4n) is 12.0. The first-order valence-electron chi connectivity index (χ1n) is 21.8. The normalized spacial score (nSPS) is 20.1. The van der Waals surface area contributed by atoms with Gasteiger partial charge in [0.1, 0.15) is 5.76 Å². The van der Waals surface area contributed by atoms with Crippen molar-refractivity contribution in [2.45, 2.75) is 11.3 Å². The van der Waals surface area contributed by atoms with E-state index >= 15 is 4.79 Å². The molecule has 15 rings (SSSR count). The largest absolute Gasteiger partial charge is 0.506 e. The molecule has 0 amide bonds. The van der Waals surface area contributed by atoms with Crippen LogP contribution >= 0.6 is 0 Å². The van der Waals surface area contributed by atoms with Crippen molar-refractivity contribution < 1.29 is 9.90 Å². The zero-order chi connectivity index (χ0) is 42.1. The molecule has 0 fully saturated rings. The minimum atomic E-state index is -0.984. The Morgan fingerprint density at radius 1 is 0.438 bits per heavy atom. The van der Waals surface area contributed by atoms with Crippen LogP contribution in [0.4, 0.5) is 17.1 Å². The Bertz CT molecular complexity index is 4060. The van der Waals surface area contributed by atoms with Gasteiger partial charge in [0.2, 0.25) is 5.78 Å². The Hall–Kier alpha value is -8.48. The average molecular weight is 819 g/mol. The number of hydrogen-bond acceptors (Lipinski definition) is 6. The average Bonchev–Trinajstić information content (AvgIpc) is 3.76. The Labute approximate surface area is 366 Å². The first kappa shape index (κ1) is 34.1. The molecule has 0 saturated carbocycles. The molecule has 298 valence electrons. The van der Waals surface area contributed by atoms with E-state index in [2.05, 4.69) is 174 Å². The van der Waals surface area contributed by atoms with Crippen LogP contribution in [0.5, 0.6) is 0 Å². The lowest BCUT2D eigenvalue weighted by molar-refractivity contribution is -0.109. The molecule has 3 aliphatic carbocycles. The van der Waals surface area contributed by atoms with Crippen LogP contribution in [0, 0.1) is 0 Å². The highest BCUT2D eigenvalue weighted by Gasteiger charge is 2.50. The molecule has 6 nitrogen and oxygen atoms in total. The lowest BCUT2D eigenvalue weighted by Gasteiger charge is -2.42. The summed E-state index contributed by atoms with van der Waals surface area (Å²) in [6, 6.07) is 63.4. The molecule has 0 aromatic heterocycles. The van der Waals surface area contributed by atoms with Crippen molar-refractivity contribution in [2.24, 2.45) is 4.99 Å². The second-order valence-corrected chi connectivity index (χ2v) is 17.6. The summed E-state index contributed by atoms with van der Waals surface area (Å²) in [6.45, 7) is 0. The van der Waals surface area contributed by atoms with Gasteiger partial charge in [0.25, 0.3) is 0 Å². The van der Waals surface area contributed by atoms with Gasteiger partial charge in [0.15, 0.2) is 11.3 Å². The van der Waals surface area contributed by atoms with Crippen molar-refractivity contribution >= 4 is 77.1 Å². The lowest BCUT2D eigenvalue weighted by Crippen LogP contribution is -2.45. The summed E-state index contributed by atoms with van der Waals surface area (Å²) in [6.07, 6.45) is 0. The van der Waals surface area contributed by atoms with Crippen LogP contribution in [0.25, 0.3) is 76.5 Å². The van der Waals surface area contributed by atoms with Gasteiger partial charge in [-0.15, -0.1) is 0 Å². The van der Waals surface area contributed by atoms with E-state index < -0.39 is 11.3 Å². The summed E-state index contributed by atoms with van der Waals surface area (Å²) in [5.41, 5.74) is 11.0. The summed E-state index contributed by atoms with van der Waals surface area (Å²) >= 11 is 0. The van der Waals surface area contributed by atoms with Crippen LogP contribution in [0.3, 0.4) is 0 Å². The molecule has 64 heavy (non-hydrogen) atoms. The molecule has 2 spiro atoms. The van der Waals surface area contributed by atoms with Crippen LogP contribution in [-0.4, -0.2) is 10.9 Å². The number of carbonyl (C=O) groups is 1. The predicted molar refractivity (Wildman–Crippen MR) is 258 cm³/mol. The van der Waals surface area contributed by atoms with Gasteiger partial charge in [0.05, 0.1) is 22.2 Å². The highest BCUT2D eigenvalue weighted by molar-refractivity contribution is 6.52. The van der Waals surface area contributed by atoms with Crippen LogP contribution in [0.15, 0.2) is 193 Å². The van der Waals surface area contributed by atoms with Crippen molar-refractivity contribution in [3.63, 3.8) is 0 Å². The van der Waals surface area contributed by atoms with Crippen molar-refractivity contribution in [1.82, 2.24) is 0 Å². The van der Waals surface area contributed by atoms with E-state index in [1.807, 2.05) is 24.3 Å². The van der Waals surface area contributed by atoms with Crippen LogP contribution in [0.1, 0.15) is 27.8 Å². The maximum Gasteiger partial charge on any atom is 0.201 e. The summed E-state index contributed by atoms with van der Waals surface area (Å²) in [7, 11) is 0. The maximum atomic E-state index is 15.2. The highest BCUT2D eigenvalue weighted by atomic mass is 16.3. The first-order valence-corrected chi connectivity index (χ1v) is 21.8. The summed E-state index contributed by atoms with van der Waals surface area (Å²) in [5.74, 6) is -0.246. The summed E-state index contributed by atoms with van der Waals surface area (Å²) < 4.78 is 0. The zero-order valence-corrected chi connectivity index (χ0v) is 34.1. The van der Waals surface area contributed by atoms with Crippen LogP contribution in [-0.2, 0) is 16.1 Å². The standard InChI is InChI=1S/C58H34N4O2/c63-55-49(41-29-25-33-13-9-21-45-47(33)53(41)61-57(59-45)43-19-7-5-17-37(43)39-27-23-31-11-1-3-15-35(31)51(39)57)56(64)50(55)42-30-26-34-14-10-22-46-48(34)54(42)62-58(60-46)44-20-8-6-18-38(44)40-28-24-32-12-2-4-16-36(32)52(40)58/h1-30,59-61,63H. The quantitative estimate of drug-likeness (QED) is 0.133. The molecule has 2 unspecified atom stereocenters. The Morgan fingerprint density at radius 2 is 1.00 bits per heavy atom. The SMILES string of the molecule is O=C1C(c2ccc3cccc4c3c2NC2(N4)c3ccccc3-c3ccc4ccccc4c32)=C(O)C1=c1ccc2cccc3c2c1=NC1(N3)c2ccccc2-c2ccc3ccccc3c21. The number of fused-ring (bicyclic) bond motifs is 14. The van der Waals surface area contributed by atoms with Gasteiger partial charge in [-0.25, -0.2) is 4.99 Å². The van der Waals surface area contributed by atoms with E-state index in [1.54, 1.807) is 0 Å². The highest BCUT2D eigenvalue weighted by Crippen LogP contribution is 2.57. The third-order valence-corrected chi connectivity index (χ3v) is 14.6. The molecule has 0 bridgehead atoms. The van der Waals surface area contributed by atoms with E-state index in [1.165, 1.54) is 0 Å². The lowest BCUT2D eigenvalue weighted by atomic mass is 9.79. The molecule has 2 atom stereocenters. The number of ketones is 1. The van der Waals surface area contributed by atoms with Crippen molar-refractivity contribution in [3.05, 3.63) is 226 Å². The monoisotopic (exact) mass is 818 g/mol. The number of aliphatic hydroxyl groups is 1. The zero-order valence-electron chi connectivity index (χ0n) is 34.1. The van der Waals surface area contributed by atoms with E-state index in [0.29, 0.717) is 21.7 Å². The molecule has 5 aliphatic rings. The number of rotatable bonds is 1. The molecule has 10 aromatic rings. The summed E-state index contributed by atoms with van der Waals surface area (Å²) in [5, 5.41) is 34.3. The molecule has 10 aromatic carbocycles. The van der Waals surface area contributed by atoms with Crippen molar-refractivity contribution in [2.75, 3.05) is 16.0 Å². The predicted octanol–water partition coefficient (Wildman–Crippen LogP) is 11.6. The number of aliphatic hydroxyl groups excluding tert-OH is 1. The number of anilines is 3. The number of carbonyl (C=O) groups excluding carboxylic acids is 1. The van der Waals surface area contributed by atoms with Gasteiger partial charge in [-0.1, -0.05) is 170 Å². The molecule has 0 saturated heterocycles. The first-order chi connectivity index (χ1) is 31.5. The number of hydrogen-bond donors (Lipinski definition) is 4. The number of nitrogens with zero attached hydrogens (tertiary/aromatic N) is 1. The third-order valence-electron chi connectivity index (χ3n) is 14.6. The van der Waals surface area contributed by atoms with Gasteiger partial charge in [-0.3, -0.25) is 4.79 Å². The Kier molecular flexibility index (Phi) is 6.24. The van der Waals surface area contributed by atoms with Crippen molar-refractivity contribution in [3.8, 4) is 22.3 Å². The van der Waals surface area contributed by atoms with Crippen molar-refractivity contribution in [1.29, 1.82) is 0 Å². The molecule has 0 radical (unpaired) electrons. The molecule has 6 heteroatoms. The fourth-order valence-corrected chi connectivity index (χ4v) is 12.0. The van der Waals surface area contributed by atoms with Crippen LogP contribution in [0.2, 0.25) is 0 Å². The molecule has 4 N–H and O–H groups in total. The van der Waals surface area contributed by atoms with E-state index in [9.17, 15) is 5.11 Å². The van der Waals surface area contributed by atoms with Gasteiger partial charge in [-0.2, -0.15) is 0 Å². The van der Waals surface area contributed by atoms with Gasteiger partial charge in [-0.05, 0) is 66.7 Å². The maximum absolute atomic E-state index is 15.2. The second-order valence-electron chi connectivity index (χ2n) is 17.6. The second kappa shape index (κ2) is 11.7. The molecular weight excluding hydrogens is 785 g/mol. The number of Topliss-reactive ketones (excluding diaryl/α,β-unsaturated/α-hetero) is 1. The van der Waals surface area contributed by atoms with E-state index in [4.69, 9.17) is 4.99 Å². The molecule has 2 aliphatic heterocycles. The smallest absolute Gasteiger partial charge is 0.201 e. The number of nitrogens with one attached hydrogen (secondary N) is 3. The Balaban J connectivity index is 0.990. The van der Waals surface area contributed by atoms with E-state index in [0.717, 1.165) is 105 Å². The summed E-state index contributed by atoms with van der Waals surface area (Å²) in [4.78, 5) is 21.0. The van der Waals surface area contributed by atoms with E-state index in [-0.39, 0.29) is 17.1 Å². The van der Waals surface area contributed by atoms with Crippen LogP contribution < -0.4 is 26.5 Å². The third kappa shape index (κ3) is 4.02. The topological polar surface area (TPSA) is 85.8 Å². The van der Waals surface area contributed by atoms with Gasteiger partial charge in [0, 0.05) is 55.2 Å². The minimum absolute atomic E-state index is 0.0290. The Morgan fingerprint density at radius 3 is 1.75 bits per heavy atom. The minimum Gasteiger partial charge on any atom is -0.506 e. The molecular formula is C58H34N4O2. The molecule has 2 heterocycles. The number of allylic oxidation sites excluding steroid dienone is 2. The number of benzene rings is 10.